The van der Waals surface area contributed by atoms with Crippen molar-refractivity contribution in [1.29, 1.82) is 0 Å². The Morgan fingerprint density at radius 1 is 1.59 bits per heavy atom. The summed E-state index contributed by atoms with van der Waals surface area (Å²) in [6.07, 6.45) is 4.23. The molecule has 5 nitrogen and oxygen atoms in total. The molecule has 1 saturated heterocycles. The van der Waals surface area contributed by atoms with Crippen molar-refractivity contribution in [2.45, 2.75) is 25.4 Å². The maximum atomic E-state index is 5.60. The quantitative estimate of drug-likeness (QED) is 0.825. The van der Waals surface area contributed by atoms with Crippen LogP contribution < -0.4 is 10.6 Å². The Balaban J connectivity index is 2.09. The normalized spacial score (nSPS) is 21.5. The zero-order valence-corrected chi connectivity index (χ0v) is 10.6. The van der Waals surface area contributed by atoms with Crippen molar-refractivity contribution in [3.05, 3.63) is 18.0 Å². The van der Waals surface area contributed by atoms with Crippen LogP contribution in [0.3, 0.4) is 0 Å². The number of piperidine rings is 1. The van der Waals surface area contributed by atoms with Gasteiger partial charge in [0.15, 0.2) is 0 Å². The van der Waals surface area contributed by atoms with E-state index in [1.165, 1.54) is 19.4 Å². The molecule has 0 aliphatic carbocycles. The van der Waals surface area contributed by atoms with E-state index in [0.717, 1.165) is 18.2 Å². The number of aromatic nitrogens is 2. The van der Waals surface area contributed by atoms with E-state index in [1.807, 2.05) is 6.07 Å². The lowest BCUT2D eigenvalue weighted by Crippen LogP contribution is -2.45. The fourth-order valence-electron chi connectivity index (χ4n) is 2.29. The zero-order valence-electron chi connectivity index (χ0n) is 10.6. The topological polar surface area (TPSA) is 58.3 Å². The van der Waals surface area contributed by atoms with E-state index in [1.54, 1.807) is 6.20 Å². The highest BCUT2D eigenvalue weighted by molar-refractivity contribution is 5.31. The Morgan fingerprint density at radius 3 is 3.12 bits per heavy atom. The van der Waals surface area contributed by atoms with E-state index in [4.69, 9.17) is 5.73 Å². The SMILES string of the molecule is CN1CCCC(N(C)c2nccc(CN)n2)C1. The largest absolute Gasteiger partial charge is 0.340 e. The molecule has 0 saturated carbocycles. The maximum absolute atomic E-state index is 5.60. The van der Waals surface area contributed by atoms with Gasteiger partial charge in [0.05, 0.1) is 5.69 Å². The molecule has 1 aromatic rings. The summed E-state index contributed by atoms with van der Waals surface area (Å²) in [5.41, 5.74) is 6.50. The first-order valence-corrected chi connectivity index (χ1v) is 6.14. The Labute approximate surface area is 103 Å². The smallest absolute Gasteiger partial charge is 0.225 e. The monoisotopic (exact) mass is 235 g/mol. The number of hydrogen-bond donors (Lipinski definition) is 1. The highest BCUT2D eigenvalue weighted by atomic mass is 15.3. The van der Waals surface area contributed by atoms with Gasteiger partial charge in [0.25, 0.3) is 0 Å². The van der Waals surface area contributed by atoms with Gasteiger partial charge in [0.2, 0.25) is 5.95 Å². The molecule has 0 amide bonds. The van der Waals surface area contributed by atoms with E-state index in [9.17, 15) is 0 Å². The summed E-state index contributed by atoms with van der Waals surface area (Å²) in [4.78, 5) is 13.3. The Bertz CT molecular complexity index is 368. The van der Waals surface area contributed by atoms with Crippen LogP contribution in [-0.2, 0) is 6.54 Å². The van der Waals surface area contributed by atoms with Gasteiger partial charge in [-0.1, -0.05) is 0 Å². The van der Waals surface area contributed by atoms with Crippen molar-refractivity contribution in [3.8, 4) is 0 Å². The Kier molecular flexibility index (Phi) is 3.91. The Hall–Kier alpha value is -1.20. The van der Waals surface area contributed by atoms with Gasteiger partial charge in [-0.25, -0.2) is 9.97 Å². The van der Waals surface area contributed by atoms with Gasteiger partial charge in [-0.15, -0.1) is 0 Å². The molecule has 0 bridgehead atoms. The van der Waals surface area contributed by atoms with E-state index >= 15 is 0 Å². The second-order valence-corrected chi connectivity index (χ2v) is 4.72. The molecule has 1 aliphatic heterocycles. The van der Waals surface area contributed by atoms with Crippen LogP contribution in [0.1, 0.15) is 18.5 Å². The third kappa shape index (κ3) is 2.92. The molecule has 1 unspecified atom stereocenters. The van der Waals surface area contributed by atoms with Crippen LogP contribution in [0.5, 0.6) is 0 Å². The van der Waals surface area contributed by atoms with Crippen molar-refractivity contribution in [3.63, 3.8) is 0 Å². The molecule has 5 heteroatoms. The van der Waals surface area contributed by atoms with E-state index < -0.39 is 0 Å². The molecule has 1 aromatic heterocycles. The lowest BCUT2D eigenvalue weighted by molar-refractivity contribution is 0.247. The number of hydrogen-bond acceptors (Lipinski definition) is 5. The number of nitrogens with two attached hydrogens (primary N) is 1. The number of nitrogens with zero attached hydrogens (tertiary/aromatic N) is 4. The van der Waals surface area contributed by atoms with Gasteiger partial charge in [-0.05, 0) is 32.5 Å². The van der Waals surface area contributed by atoms with Gasteiger partial charge in [0.1, 0.15) is 0 Å². The van der Waals surface area contributed by atoms with Crippen molar-refractivity contribution >= 4 is 5.95 Å². The average Bonchev–Trinajstić information content (AvgIpc) is 2.38. The van der Waals surface area contributed by atoms with Crippen molar-refractivity contribution in [2.75, 3.05) is 32.1 Å². The van der Waals surface area contributed by atoms with Crippen LogP contribution in [0.4, 0.5) is 5.95 Å². The zero-order chi connectivity index (χ0) is 12.3. The lowest BCUT2D eigenvalue weighted by Gasteiger charge is -2.35. The third-order valence-corrected chi connectivity index (χ3v) is 3.37. The molecular formula is C12H21N5. The summed E-state index contributed by atoms with van der Waals surface area (Å²) in [5.74, 6) is 0.785. The molecule has 0 radical (unpaired) electrons. The molecule has 2 N–H and O–H groups in total. The first kappa shape index (κ1) is 12.3. The molecule has 2 rings (SSSR count). The van der Waals surface area contributed by atoms with Crippen LogP contribution in [0.15, 0.2) is 12.3 Å². The van der Waals surface area contributed by atoms with Crippen LogP contribution in [0.25, 0.3) is 0 Å². The Morgan fingerprint density at radius 2 is 2.41 bits per heavy atom. The molecule has 0 aromatic carbocycles. The third-order valence-electron chi connectivity index (χ3n) is 3.37. The average molecular weight is 235 g/mol. The molecule has 1 aliphatic rings. The fraction of sp³-hybridized carbons (Fsp3) is 0.667. The van der Waals surface area contributed by atoms with Crippen molar-refractivity contribution in [2.24, 2.45) is 5.73 Å². The predicted octanol–water partition coefficient (Wildman–Crippen LogP) is 0.466. The van der Waals surface area contributed by atoms with E-state index in [0.29, 0.717) is 12.6 Å². The maximum Gasteiger partial charge on any atom is 0.225 e. The second kappa shape index (κ2) is 5.42. The van der Waals surface area contributed by atoms with Gasteiger partial charge in [-0.3, -0.25) is 0 Å². The summed E-state index contributed by atoms with van der Waals surface area (Å²) < 4.78 is 0. The number of anilines is 1. The molecular weight excluding hydrogens is 214 g/mol. The molecule has 1 fully saturated rings. The fourth-order valence-corrected chi connectivity index (χ4v) is 2.29. The minimum Gasteiger partial charge on any atom is -0.340 e. The van der Waals surface area contributed by atoms with E-state index in [-0.39, 0.29) is 0 Å². The highest BCUT2D eigenvalue weighted by Crippen LogP contribution is 2.17. The molecule has 2 heterocycles. The summed E-state index contributed by atoms with van der Waals surface area (Å²) in [5, 5.41) is 0. The van der Waals surface area contributed by atoms with E-state index in [2.05, 4.69) is 33.9 Å². The molecule has 0 spiro atoms. The number of rotatable bonds is 3. The lowest BCUT2D eigenvalue weighted by atomic mass is 10.1. The van der Waals surface area contributed by atoms with Crippen molar-refractivity contribution in [1.82, 2.24) is 14.9 Å². The summed E-state index contributed by atoms with van der Waals surface area (Å²) in [6, 6.07) is 2.37. The number of likely N-dealkylation sites (tertiary alicyclic amines) is 1. The second-order valence-electron chi connectivity index (χ2n) is 4.72. The number of likely N-dealkylation sites (N-methyl/N-ethyl adjacent to an activating group) is 2. The van der Waals surface area contributed by atoms with Gasteiger partial charge < -0.3 is 15.5 Å². The van der Waals surface area contributed by atoms with Gasteiger partial charge in [-0.2, -0.15) is 0 Å². The molecule has 1 atom stereocenters. The summed E-state index contributed by atoms with van der Waals surface area (Å²) in [6.45, 7) is 2.73. The van der Waals surface area contributed by atoms with Crippen LogP contribution in [0, 0.1) is 0 Å². The van der Waals surface area contributed by atoms with Crippen LogP contribution in [-0.4, -0.2) is 48.1 Å². The summed E-state index contributed by atoms with van der Waals surface area (Å²) in [7, 11) is 4.23. The predicted molar refractivity (Wildman–Crippen MR) is 68.8 cm³/mol. The van der Waals surface area contributed by atoms with Crippen LogP contribution in [0.2, 0.25) is 0 Å². The van der Waals surface area contributed by atoms with Crippen molar-refractivity contribution < 1.29 is 0 Å². The first-order chi connectivity index (χ1) is 8.20. The summed E-state index contributed by atoms with van der Waals surface area (Å²) >= 11 is 0. The molecule has 17 heavy (non-hydrogen) atoms. The van der Waals surface area contributed by atoms with Gasteiger partial charge >= 0.3 is 0 Å². The standard InChI is InChI=1S/C12H21N5/c1-16-7-3-4-11(9-16)17(2)12-14-6-5-10(8-13)15-12/h5-6,11H,3-4,7-9,13H2,1-2H3. The molecule has 94 valence electrons. The minimum absolute atomic E-state index is 0.466. The first-order valence-electron chi connectivity index (χ1n) is 6.14. The van der Waals surface area contributed by atoms with Gasteiger partial charge in [0, 0.05) is 32.4 Å². The van der Waals surface area contributed by atoms with Crippen LogP contribution >= 0.6 is 0 Å². The minimum atomic E-state index is 0.466. The highest BCUT2D eigenvalue weighted by Gasteiger charge is 2.22.